The van der Waals surface area contributed by atoms with Gasteiger partial charge in [-0.3, -0.25) is 0 Å². The molecule has 1 aliphatic rings. The van der Waals surface area contributed by atoms with E-state index in [0.717, 1.165) is 25.7 Å². The van der Waals surface area contributed by atoms with Crippen LogP contribution in [0.15, 0.2) is 35.5 Å². The van der Waals surface area contributed by atoms with Crippen molar-refractivity contribution in [2.24, 2.45) is 0 Å². The summed E-state index contributed by atoms with van der Waals surface area (Å²) in [7, 11) is -1.70. The second kappa shape index (κ2) is 9.03. The van der Waals surface area contributed by atoms with Crippen molar-refractivity contribution < 1.29 is 4.43 Å². The van der Waals surface area contributed by atoms with Gasteiger partial charge in [0.25, 0.3) is 0 Å². The molecule has 1 unspecified atom stereocenters. The van der Waals surface area contributed by atoms with Crippen molar-refractivity contribution in [1.29, 1.82) is 0 Å². The maximum Gasteiger partial charge on any atom is 0.192 e. The molecular formula is C21H38OSi. The number of hydrogen-bond donors (Lipinski definition) is 0. The molecule has 0 N–H and O–H groups in total. The van der Waals surface area contributed by atoms with E-state index in [-0.39, 0.29) is 5.04 Å². The van der Waals surface area contributed by atoms with Crippen LogP contribution >= 0.6 is 0 Å². The highest BCUT2D eigenvalue weighted by Crippen LogP contribution is 2.42. The van der Waals surface area contributed by atoms with Crippen molar-refractivity contribution in [3.8, 4) is 0 Å². The molecular weight excluding hydrogens is 296 g/mol. The zero-order chi connectivity index (χ0) is 17.5. The molecule has 0 radical (unpaired) electrons. The highest BCUT2D eigenvalue weighted by molar-refractivity contribution is 6.74. The van der Waals surface area contributed by atoms with Crippen molar-refractivity contribution in [2.45, 2.75) is 97.4 Å². The minimum absolute atomic E-state index is 0.280. The molecule has 0 bridgehead atoms. The van der Waals surface area contributed by atoms with Crippen molar-refractivity contribution in [1.82, 2.24) is 0 Å². The first-order valence-corrected chi connectivity index (χ1v) is 12.3. The molecule has 0 aromatic rings. The maximum atomic E-state index is 6.77. The Morgan fingerprint density at radius 3 is 2.09 bits per heavy atom. The molecule has 23 heavy (non-hydrogen) atoms. The van der Waals surface area contributed by atoms with E-state index >= 15 is 0 Å². The van der Waals surface area contributed by atoms with E-state index in [4.69, 9.17) is 4.43 Å². The van der Waals surface area contributed by atoms with Crippen LogP contribution in [-0.2, 0) is 4.43 Å². The number of hydrogen-bond acceptors (Lipinski definition) is 1. The average Bonchev–Trinajstić information content (AvgIpc) is 2.80. The van der Waals surface area contributed by atoms with Crippen LogP contribution in [0.3, 0.4) is 0 Å². The summed E-state index contributed by atoms with van der Waals surface area (Å²) in [6, 6.07) is 0. The molecule has 0 fully saturated rings. The molecule has 0 spiro atoms. The molecule has 0 aliphatic heterocycles. The summed E-state index contributed by atoms with van der Waals surface area (Å²) in [5, 5.41) is 0.280. The Morgan fingerprint density at radius 2 is 1.57 bits per heavy atom. The summed E-state index contributed by atoms with van der Waals surface area (Å²) in [5.74, 6) is 0. The van der Waals surface area contributed by atoms with Crippen LogP contribution < -0.4 is 0 Å². The van der Waals surface area contributed by atoms with E-state index in [1.165, 1.54) is 12.8 Å². The summed E-state index contributed by atoms with van der Waals surface area (Å²) in [4.78, 5) is 0. The van der Waals surface area contributed by atoms with Gasteiger partial charge in [-0.2, -0.15) is 0 Å². The average molecular weight is 335 g/mol. The molecule has 0 heterocycles. The van der Waals surface area contributed by atoms with Gasteiger partial charge in [-0.05, 0) is 62.2 Å². The van der Waals surface area contributed by atoms with Crippen LogP contribution in [-0.4, -0.2) is 14.4 Å². The minimum Gasteiger partial charge on any atom is -0.410 e. The second-order valence-electron chi connectivity index (χ2n) is 8.20. The Labute approximate surface area is 146 Å². The van der Waals surface area contributed by atoms with Gasteiger partial charge in [-0.25, -0.2) is 0 Å². The van der Waals surface area contributed by atoms with Crippen LogP contribution in [0.25, 0.3) is 0 Å². The van der Waals surface area contributed by atoms with E-state index in [0.29, 0.717) is 6.10 Å². The zero-order valence-corrected chi connectivity index (χ0v) is 17.5. The number of rotatable bonds is 8. The van der Waals surface area contributed by atoms with Crippen LogP contribution in [0.5, 0.6) is 0 Å². The molecule has 1 nitrogen and oxygen atoms in total. The largest absolute Gasteiger partial charge is 0.410 e. The van der Waals surface area contributed by atoms with Gasteiger partial charge in [0.1, 0.15) is 0 Å². The van der Waals surface area contributed by atoms with Gasteiger partial charge in [0.2, 0.25) is 0 Å². The predicted octanol–water partition coefficient (Wildman–Crippen LogP) is 7.18. The normalized spacial score (nSPS) is 20.4. The lowest BCUT2D eigenvalue weighted by atomic mass is 10.0. The highest BCUT2D eigenvalue weighted by Gasteiger charge is 2.40. The van der Waals surface area contributed by atoms with E-state index in [1.54, 1.807) is 11.1 Å². The standard InChI is InChI=1S/C21H38OSi/c1-8-10-12-14-18-16-17-20(19(18)15-13-11-9-2)22-23(6,7)21(3,4)5/h10-13,20H,8-9,14-17H2,1-7H3/b12-10+,13-11+. The quantitative estimate of drug-likeness (QED) is 0.337. The van der Waals surface area contributed by atoms with Gasteiger partial charge >= 0.3 is 0 Å². The molecule has 1 atom stereocenters. The monoisotopic (exact) mass is 334 g/mol. The molecule has 2 heteroatoms. The molecule has 0 saturated carbocycles. The van der Waals surface area contributed by atoms with Gasteiger partial charge < -0.3 is 4.43 Å². The van der Waals surface area contributed by atoms with Gasteiger partial charge in [0.15, 0.2) is 8.32 Å². The maximum absolute atomic E-state index is 6.77. The van der Waals surface area contributed by atoms with Crippen LogP contribution in [0.1, 0.15) is 73.1 Å². The first kappa shape index (κ1) is 20.4. The predicted molar refractivity (Wildman–Crippen MR) is 106 cm³/mol. The van der Waals surface area contributed by atoms with Gasteiger partial charge in [-0.15, -0.1) is 0 Å². The fourth-order valence-electron chi connectivity index (χ4n) is 2.81. The topological polar surface area (TPSA) is 9.23 Å². The van der Waals surface area contributed by atoms with E-state index < -0.39 is 8.32 Å². The Morgan fingerprint density at radius 1 is 1.00 bits per heavy atom. The molecule has 0 amide bonds. The van der Waals surface area contributed by atoms with Crippen LogP contribution in [0.4, 0.5) is 0 Å². The first-order valence-electron chi connectivity index (χ1n) is 9.41. The summed E-state index contributed by atoms with van der Waals surface area (Å²) < 4.78 is 6.77. The smallest absolute Gasteiger partial charge is 0.192 e. The van der Waals surface area contributed by atoms with Crippen molar-refractivity contribution in [2.75, 3.05) is 0 Å². The zero-order valence-electron chi connectivity index (χ0n) is 16.5. The van der Waals surface area contributed by atoms with Crippen molar-refractivity contribution >= 4 is 8.32 Å². The first-order chi connectivity index (χ1) is 10.7. The van der Waals surface area contributed by atoms with Crippen molar-refractivity contribution in [3.63, 3.8) is 0 Å². The molecule has 0 saturated heterocycles. The third kappa shape index (κ3) is 6.08. The lowest BCUT2D eigenvalue weighted by Gasteiger charge is -2.39. The molecule has 0 aromatic carbocycles. The fourth-order valence-corrected chi connectivity index (χ4v) is 4.13. The Balaban J connectivity index is 2.92. The van der Waals surface area contributed by atoms with Crippen LogP contribution in [0.2, 0.25) is 18.1 Å². The van der Waals surface area contributed by atoms with Gasteiger partial charge in [0, 0.05) is 0 Å². The Kier molecular flexibility index (Phi) is 8.03. The lowest BCUT2D eigenvalue weighted by molar-refractivity contribution is 0.212. The third-order valence-electron chi connectivity index (χ3n) is 5.30. The molecule has 1 aliphatic carbocycles. The molecule has 0 aromatic heterocycles. The Hall–Kier alpha value is -0.603. The van der Waals surface area contributed by atoms with E-state index in [2.05, 4.69) is 72.0 Å². The molecule has 1 rings (SSSR count). The molecule has 132 valence electrons. The summed E-state index contributed by atoms with van der Waals surface area (Å²) in [5.41, 5.74) is 3.19. The summed E-state index contributed by atoms with van der Waals surface area (Å²) in [6.45, 7) is 16.2. The summed E-state index contributed by atoms with van der Waals surface area (Å²) >= 11 is 0. The van der Waals surface area contributed by atoms with Gasteiger partial charge in [0.05, 0.1) is 6.10 Å². The third-order valence-corrected chi connectivity index (χ3v) is 9.79. The van der Waals surface area contributed by atoms with E-state index in [1.807, 2.05) is 0 Å². The second-order valence-corrected chi connectivity index (χ2v) is 13.0. The lowest BCUT2D eigenvalue weighted by Crippen LogP contribution is -2.43. The number of allylic oxidation sites excluding steroid dienone is 5. The van der Waals surface area contributed by atoms with E-state index in [9.17, 15) is 0 Å². The van der Waals surface area contributed by atoms with Crippen LogP contribution in [0, 0.1) is 0 Å². The van der Waals surface area contributed by atoms with Gasteiger partial charge in [-0.1, -0.05) is 64.5 Å². The minimum atomic E-state index is -1.70. The Bertz CT molecular complexity index is 449. The SMILES string of the molecule is CC/C=C/CC1=C(C/C=C/CC)C(O[Si](C)(C)C(C)(C)C)CC1. The highest BCUT2D eigenvalue weighted by atomic mass is 28.4. The fraction of sp³-hybridized carbons (Fsp3) is 0.714. The van der Waals surface area contributed by atoms with Crippen molar-refractivity contribution in [3.05, 3.63) is 35.5 Å². The summed E-state index contributed by atoms with van der Waals surface area (Å²) in [6.07, 6.45) is 16.4.